The van der Waals surface area contributed by atoms with Crippen molar-refractivity contribution >= 4 is 12.1 Å². The van der Waals surface area contributed by atoms with Crippen LogP contribution in [-0.4, -0.2) is 23.1 Å². The molecule has 0 spiro atoms. The van der Waals surface area contributed by atoms with E-state index in [1.165, 1.54) is 6.21 Å². The summed E-state index contributed by atoms with van der Waals surface area (Å²) in [5, 5.41) is 7.20. The van der Waals surface area contributed by atoms with E-state index in [2.05, 4.69) is 0 Å². The largest absolute Gasteiger partial charge is 0.385 e. The maximum absolute atomic E-state index is 11.8. The highest BCUT2D eigenvalue weighted by atomic mass is 16.2. The smallest absolute Gasteiger partial charge is 0.235 e. The van der Waals surface area contributed by atoms with Gasteiger partial charge < -0.3 is 11.1 Å². The van der Waals surface area contributed by atoms with Gasteiger partial charge in [-0.2, -0.15) is 0 Å². The summed E-state index contributed by atoms with van der Waals surface area (Å²) in [7, 11) is 0. The average Bonchev–Trinajstić information content (AvgIpc) is 2.38. The Hall–Kier alpha value is -1.32. The summed E-state index contributed by atoms with van der Waals surface area (Å²) in [5.41, 5.74) is 6.46. The highest BCUT2D eigenvalue weighted by Crippen LogP contribution is 2.27. The Bertz CT molecular complexity index is 296. The minimum Gasteiger partial charge on any atom is -0.385 e. The van der Waals surface area contributed by atoms with E-state index in [4.69, 9.17) is 11.1 Å². The van der Waals surface area contributed by atoms with Gasteiger partial charge in [-0.15, -0.1) is 0 Å². The van der Waals surface area contributed by atoms with Gasteiger partial charge in [0.15, 0.2) is 0 Å². The maximum atomic E-state index is 11.8. The Morgan fingerprint density at radius 2 is 2.29 bits per heavy atom. The van der Waals surface area contributed by atoms with E-state index in [1.54, 1.807) is 11.8 Å². The van der Waals surface area contributed by atoms with Crippen molar-refractivity contribution in [3.8, 4) is 0 Å². The summed E-state index contributed by atoms with van der Waals surface area (Å²) in [6, 6.07) is 0.113. The monoisotopic (exact) mass is 195 g/mol. The molecule has 1 heterocycles. The molecule has 0 aliphatic carbocycles. The summed E-state index contributed by atoms with van der Waals surface area (Å²) in [6.45, 7) is 5.76. The molecular formula is C10H17N3O. The lowest BCUT2D eigenvalue weighted by molar-refractivity contribution is -0.131. The molecule has 0 radical (unpaired) electrons. The molecule has 1 aliphatic heterocycles. The van der Waals surface area contributed by atoms with Gasteiger partial charge in [-0.05, 0) is 20.3 Å². The molecule has 14 heavy (non-hydrogen) atoms. The summed E-state index contributed by atoms with van der Waals surface area (Å²) in [6.07, 6.45) is 2.05. The topological polar surface area (TPSA) is 70.2 Å². The van der Waals surface area contributed by atoms with Crippen LogP contribution in [-0.2, 0) is 4.79 Å². The maximum Gasteiger partial charge on any atom is 0.235 e. The van der Waals surface area contributed by atoms with Crippen LogP contribution in [0, 0.1) is 11.3 Å². The zero-order valence-corrected chi connectivity index (χ0v) is 8.87. The molecule has 1 aliphatic rings. The van der Waals surface area contributed by atoms with Crippen LogP contribution in [0.5, 0.6) is 0 Å². The van der Waals surface area contributed by atoms with Gasteiger partial charge in [0.2, 0.25) is 5.91 Å². The molecule has 0 bridgehead atoms. The lowest BCUT2D eigenvalue weighted by atomic mass is 10.1. The normalized spacial score (nSPS) is 24.4. The first kappa shape index (κ1) is 10.8. The van der Waals surface area contributed by atoms with Crippen molar-refractivity contribution in [3.63, 3.8) is 0 Å². The Morgan fingerprint density at radius 3 is 2.64 bits per heavy atom. The van der Waals surface area contributed by atoms with Crippen LogP contribution in [0.25, 0.3) is 0 Å². The van der Waals surface area contributed by atoms with Crippen molar-refractivity contribution in [2.45, 2.75) is 33.2 Å². The molecule has 1 rings (SSSR count). The average molecular weight is 195 g/mol. The van der Waals surface area contributed by atoms with Crippen LogP contribution >= 0.6 is 0 Å². The molecule has 0 saturated heterocycles. The number of carbonyl (C=O) groups is 1. The van der Waals surface area contributed by atoms with Gasteiger partial charge in [-0.25, -0.2) is 0 Å². The molecular weight excluding hydrogens is 178 g/mol. The lowest BCUT2D eigenvalue weighted by Crippen LogP contribution is -2.37. The SMILES string of the molecule is CC[C@H](C)N1C(=O)C(C)C(C=N)=C1N. The second-order valence-electron chi connectivity index (χ2n) is 3.67. The van der Waals surface area contributed by atoms with Crippen LogP contribution in [0.2, 0.25) is 0 Å². The third-order valence-electron chi connectivity index (χ3n) is 2.82. The molecule has 0 fully saturated rings. The van der Waals surface area contributed by atoms with E-state index >= 15 is 0 Å². The summed E-state index contributed by atoms with van der Waals surface area (Å²) < 4.78 is 0. The van der Waals surface area contributed by atoms with Crippen molar-refractivity contribution in [1.29, 1.82) is 5.41 Å². The van der Waals surface area contributed by atoms with Crippen LogP contribution in [0.15, 0.2) is 11.4 Å². The van der Waals surface area contributed by atoms with Gasteiger partial charge in [0.05, 0.1) is 5.92 Å². The van der Waals surface area contributed by atoms with Crippen LogP contribution < -0.4 is 5.73 Å². The summed E-state index contributed by atoms with van der Waals surface area (Å²) in [4.78, 5) is 13.4. The third kappa shape index (κ3) is 1.41. The van der Waals surface area contributed by atoms with E-state index in [0.29, 0.717) is 11.4 Å². The number of nitrogens with one attached hydrogen (secondary N) is 1. The molecule has 78 valence electrons. The molecule has 2 atom stereocenters. The fraction of sp³-hybridized carbons (Fsp3) is 0.600. The predicted molar refractivity (Wildman–Crippen MR) is 55.8 cm³/mol. The second-order valence-corrected chi connectivity index (χ2v) is 3.67. The standard InChI is InChI=1S/C10H17N3O/c1-4-6(2)13-9(12)8(5-11)7(3)10(13)14/h5-7,11H,4,12H2,1-3H3/t6-,7?/m0/s1. The molecule has 4 nitrogen and oxygen atoms in total. The van der Waals surface area contributed by atoms with Crippen molar-refractivity contribution in [2.24, 2.45) is 11.7 Å². The zero-order chi connectivity index (χ0) is 10.9. The van der Waals surface area contributed by atoms with E-state index in [1.807, 2.05) is 13.8 Å². The highest BCUT2D eigenvalue weighted by Gasteiger charge is 2.36. The van der Waals surface area contributed by atoms with Crippen molar-refractivity contribution in [3.05, 3.63) is 11.4 Å². The molecule has 0 aromatic rings. The fourth-order valence-corrected chi connectivity index (χ4v) is 1.66. The number of hydrogen-bond acceptors (Lipinski definition) is 3. The van der Waals surface area contributed by atoms with Crippen molar-refractivity contribution < 1.29 is 4.79 Å². The number of nitrogens with zero attached hydrogens (tertiary/aromatic N) is 1. The number of nitrogens with two attached hydrogens (primary N) is 1. The van der Waals surface area contributed by atoms with E-state index in [-0.39, 0.29) is 17.9 Å². The van der Waals surface area contributed by atoms with Gasteiger partial charge in [-0.1, -0.05) is 6.92 Å². The molecule has 4 heteroatoms. The summed E-state index contributed by atoms with van der Waals surface area (Å²) >= 11 is 0. The number of amides is 1. The van der Waals surface area contributed by atoms with Crippen LogP contribution in [0.1, 0.15) is 27.2 Å². The number of hydrogen-bond donors (Lipinski definition) is 2. The number of rotatable bonds is 3. The second kappa shape index (κ2) is 3.82. The molecule has 0 aromatic heterocycles. The molecule has 0 saturated carbocycles. The Balaban J connectivity index is 3.04. The van der Waals surface area contributed by atoms with Gasteiger partial charge in [-0.3, -0.25) is 9.69 Å². The lowest BCUT2D eigenvalue weighted by Gasteiger charge is -2.24. The first-order valence-corrected chi connectivity index (χ1v) is 4.87. The highest BCUT2D eigenvalue weighted by molar-refractivity contribution is 5.96. The first-order valence-electron chi connectivity index (χ1n) is 4.87. The van der Waals surface area contributed by atoms with Gasteiger partial charge >= 0.3 is 0 Å². The predicted octanol–water partition coefficient (Wildman–Crippen LogP) is 1.08. The molecule has 0 aromatic carbocycles. The Morgan fingerprint density at radius 1 is 1.71 bits per heavy atom. The van der Waals surface area contributed by atoms with Crippen molar-refractivity contribution in [2.75, 3.05) is 0 Å². The van der Waals surface area contributed by atoms with E-state index in [0.717, 1.165) is 6.42 Å². The Labute approximate surface area is 84.3 Å². The molecule has 3 N–H and O–H groups in total. The molecule has 1 unspecified atom stereocenters. The van der Waals surface area contributed by atoms with Gasteiger partial charge in [0.25, 0.3) is 0 Å². The fourth-order valence-electron chi connectivity index (χ4n) is 1.66. The third-order valence-corrected chi connectivity index (χ3v) is 2.82. The van der Waals surface area contributed by atoms with Gasteiger partial charge in [0.1, 0.15) is 5.82 Å². The Kier molecular flexibility index (Phi) is 2.93. The van der Waals surface area contributed by atoms with Crippen LogP contribution in [0.4, 0.5) is 0 Å². The minimum absolute atomic E-state index is 0.00958. The molecule has 1 amide bonds. The van der Waals surface area contributed by atoms with Gasteiger partial charge in [0, 0.05) is 17.8 Å². The minimum atomic E-state index is -0.263. The van der Waals surface area contributed by atoms with E-state index < -0.39 is 0 Å². The van der Waals surface area contributed by atoms with Crippen LogP contribution in [0.3, 0.4) is 0 Å². The van der Waals surface area contributed by atoms with Crippen molar-refractivity contribution in [1.82, 2.24) is 4.90 Å². The summed E-state index contributed by atoms with van der Waals surface area (Å²) in [5.74, 6) is 0.198. The quantitative estimate of drug-likeness (QED) is 0.661. The zero-order valence-electron chi connectivity index (χ0n) is 8.87. The first-order chi connectivity index (χ1) is 6.54. The number of carbonyl (C=O) groups excluding carboxylic acids is 1. The van der Waals surface area contributed by atoms with E-state index in [9.17, 15) is 4.79 Å².